The van der Waals surface area contributed by atoms with E-state index in [4.69, 9.17) is 32.5 Å². The summed E-state index contributed by atoms with van der Waals surface area (Å²) in [4.78, 5) is 12.5. The molecule has 0 amide bonds. The molecular formula is C21H13Cl2NO3. The zero-order valence-electron chi connectivity index (χ0n) is 14.0. The molecule has 4 aromatic rings. The van der Waals surface area contributed by atoms with Crippen LogP contribution < -0.4 is 0 Å². The molecule has 6 heteroatoms. The predicted octanol–water partition coefficient (Wildman–Crippen LogP) is 6.16. The summed E-state index contributed by atoms with van der Waals surface area (Å²) >= 11 is 11.9. The van der Waals surface area contributed by atoms with Crippen LogP contribution in [0.5, 0.6) is 0 Å². The Hall–Kier alpha value is -2.82. The van der Waals surface area contributed by atoms with Crippen molar-refractivity contribution in [1.82, 2.24) is 5.16 Å². The fourth-order valence-electron chi connectivity index (χ4n) is 2.73. The first kappa shape index (κ1) is 17.6. The van der Waals surface area contributed by atoms with Gasteiger partial charge in [0.05, 0.1) is 21.0 Å². The van der Waals surface area contributed by atoms with Crippen molar-refractivity contribution in [3.8, 4) is 11.3 Å². The first-order valence-electron chi connectivity index (χ1n) is 8.18. The van der Waals surface area contributed by atoms with Gasteiger partial charge in [0.1, 0.15) is 12.1 Å². The summed E-state index contributed by atoms with van der Waals surface area (Å²) in [6.07, 6.45) is 0. The second-order valence-electron chi connectivity index (χ2n) is 5.93. The van der Waals surface area contributed by atoms with Crippen LogP contribution in [0.25, 0.3) is 22.2 Å². The lowest BCUT2D eigenvalue weighted by Crippen LogP contribution is -2.05. The number of nitrogens with zero attached hydrogens (tertiary/aromatic N) is 1. The third kappa shape index (κ3) is 3.68. The largest absolute Gasteiger partial charge is 0.457 e. The van der Waals surface area contributed by atoms with Gasteiger partial charge in [-0.3, -0.25) is 0 Å². The minimum Gasteiger partial charge on any atom is -0.457 e. The van der Waals surface area contributed by atoms with E-state index in [2.05, 4.69) is 5.16 Å². The molecule has 0 aliphatic rings. The minimum absolute atomic E-state index is 0.100. The molecule has 0 radical (unpaired) electrons. The Kier molecular flexibility index (Phi) is 4.84. The first-order chi connectivity index (χ1) is 13.1. The summed E-state index contributed by atoms with van der Waals surface area (Å²) in [7, 11) is 0. The number of benzene rings is 3. The van der Waals surface area contributed by atoms with Gasteiger partial charge in [-0.15, -0.1) is 0 Å². The number of halogens is 2. The second kappa shape index (κ2) is 7.43. The maximum absolute atomic E-state index is 12.5. The number of hydrogen-bond donors (Lipinski definition) is 0. The van der Waals surface area contributed by atoms with Crippen LogP contribution in [0.15, 0.2) is 71.3 Å². The summed E-state index contributed by atoms with van der Waals surface area (Å²) in [5.74, 6) is 0.174. The number of carbonyl (C=O) groups excluding carboxylic acids is 1. The van der Waals surface area contributed by atoms with Crippen LogP contribution in [0.3, 0.4) is 0 Å². The highest BCUT2D eigenvalue weighted by atomic mass is 35.5. The van der Waals surface area contributed by atoms with Crippen LogP contribution >= 0.6 is 23.2 Å². The summed E-state index contributed by atoms with van der Waals surface area (Å²) < 4.78 is 10.8. The molecule has 0 bridgehead atoms. The van der Waals surface area contributed by atoms with Crippen molar-refractivity contribution in [2.24, 2.45) is 0 Å². The fourth-order valence-corrected chi connectivity index (χ4v) is 3.05. The molecule has 27 heavy (non-hydrogen) atoms. The van der Waals surface area contributed by atoms with Crippen molar-refractivity contribution in [3.63, 3.8) is 0 Å². The summed E-state index contributed by atoms with van der Waals surface area (Å²) in [6.45, 7) is 0.100. The highest BCUT2D eigenvalue weighted by Crippen LogP contribution is 2.29. The molecule has 1 heterocycles. The van der Waals surface area contributed by atoms with Gasteiger partial charge in [0, 0.05) is 5.56 Å². The van der Waals surface area contributed by atoms with E-state index in [0.29, 0.717) is 26.9 Å². The molecular weight excluding hydrogens is 385 g/mol. The van der Waals surface area contributed by atoms with Gasteiger partial charge in [-0.25, -0.2) is 4.79 Å². The normalized spacial score (nSPS) is 10.9. The molecule has 0 spiro atoms. The lowest BCUT2D eigenvalue weighted by atomic mass is 10.1. The van der Waals surface area contributed by atoms with Crippen LogP contribution in [-0.4, -0.2) is 11.1 Å². The third-order valence-corrected chi connectivity index (χ3v) is 4.84. The number of hydrogen-bond acceptors (Lipinski definition) is 4. The number of ether oxygens (including phenoxy) is 1. The van der Waals surface area contributed by atoms with Crippen molar-refractivity contribution in [2.45, 2.75) is 6.61 Å². The van der Waals surface area contributed by atoms with Gasteiger partial charge in [-0.05, 0) is 35.9 Å². The Morgan fingerprint density at radius 2 is 1.78 bits per heavy atom. The molecule has 0 aliphatic heterocycles. The molecule has 3 aromatic carbocycles. The molecule has 4 nitrogen and oxygen atoms in total. The van der Waals surface area contributed by atoms with E-state index in [1.54, 1.807) is 36.4 Å². The lowest BCUT2D eigenvalue weighted by molar-refractivity contribution is 0.0473. The zero-order chi connectivity index (χ0) is 18.8. The minimum atomic E-state index is -0.441. The molecule has 4 rings (SSSR count). The maximum atomic E-state index is 12.5. The van der Waals surface area contributed by atoms with Gasteiger partial charge in [0.15, 0.2) is 5.76 Å². The predicted molar refractivity (Wildman–Crippen MR) is 105 cm³/mol. The Morgan fingerprint density at radius 1 is 0.963 bits per heavy atom. The van der Waals surface area contributed by atoms with E-state index in [-0.39, 0.29) is 6.61 Å². The molecule has 1 aromatic heterocycles. The highest BCUT2D eigenvalue weighted by molar-refractivity contribution is 6.42. The van der Waals surface area contributed by atoms with Crippen molar-refractivity contribution in [1.29, 1.82) is 0 Å². The molecule has 0 atom stereocenters. The second-order valence-corrected chi connectivity index (χ2v) is 6.75. The van der Waals surface area contributed by atoms with E-state index in [0.717, 1.165) is 16.5 Å². The van der Waals surface area contributed by atoms with Gasteiger partial charge >= 0.3 is 5.97 Å². The molecule has 0 saturated heterocycles. The van der Waals surface area contributed by atoms with Gasteiger partial charge in [-0.1, -0.05) is 64.8 Å². The maximum Gasteiger partial charge on any atom is 0.338 e. The quantitative estimate of drug-likeness (QED) is 0.387. The van der Waals surface area contributed by atoms with Gasteiger partial charge in [-0.2, -0.15) is 0 Å². The average Bonchev–Trinajstić information content (AvgIpc) is 3.12. The molecule has 0 fully saturated rings. The van der Waals surface area contributed by atoms with Crippen molar-refractivity contribution in [3.05, 3.63) is 87.9 Å². The van der Waals surface area contributed by atoms with Crippen LogP contribution in [-0.2, 0) is 11.3 Å². The Balaban J connectivity index is 1.58. The molecule has 0 unspecified atom stereocenters. The van der Waals surface area contributed by atoms with Crippen molar-refractivity contribution < 1.29 is 14.1 Å². The fraction of sp³-hybridized carbons (Fsp3) is 0.0476. The molecule has 0 aliphatic carbocycles. The van der Waals surface area contributed by atoms with Crippen LogP contribution in [0.1, 0.15) is 15.9 Å². The van der Waals surface area contributed by atoms with E-state index in [1.165, 1.54) is 0 Å². The summed E-state index contributed by atoms with van der Waals surface area (Å²) in [6, 6.07) is 19.8. The molecule has 0 saturated carbocycles. The molecule has 0 N–H and O–H groups in total. The number of rotatable bonds is 4. The van der Waals surface area contributed by atoms with Gasteiger partial charge in [0.2, 0.25) is 0 Å². The van der Waals surface area contributed by atoms with Crippen LogP contribution in [0, 0.1) is 0 Å². The summed E-state index contributed by atoms with van der Waals surface area (Å²) in [5, 5.41) is 5.68. The van der Waals surface area contributed by atoms with Gasteiger partial charge in [0.25, 0.3) is 0 Å². The number of fused-ring (bicyclic) bond motifs is 1. The third-order valence-electron chi connectivity index (χ3n) is 4.10. The Labute approximate surface area is 165 Å². The van der Waals surface area contributed by atoms with Crippen LogP contribution in [0.2, 0.25) is 10.0 Å². The van der Waals surface area contributed by atoms with E-state index < -0.39 is 5.97 Å². The lowest BCUT2D eigenvalue weighted by Gasteiger charge is -2.06. The average molecular weight is 398 g/mol. The van der Waals surface area contributed by atoms with E-state index in [1.807, 2.05) is 30.3 Å². The Morgan fingerprint density at radius 3 is 2.56 bits per heavy atom. The number of aromatic nitrogens is 1. The summed E-state index contributed by atoms with van der Waals surface area (Å²) in [5.41, 5.74) is 2.74. The van der Waals surface area contributed by atoms with Crippen LogP contribution in [0.4, 0.5) is 0 Å². The molecule has 134 valence electrons. The van der Waals surface area contributed by atoms with E-state index in [9.17, 15) is 4.79 Å². The van der Waals surface area contributed by atoms with E-state index >= 15 is 0 Å². The Bertz CT molecular complexity index is 1120. The zero-order valence-corrected chi connectivity index (χ0v) is 15.5. The van der Waals surface area contributed by atoms with Crippen molar-refractivity contribution in [2.75, 3.05) is 0 Å². The monoisotopic (exact) mass is 397 g/mol. The SMILES string of the molecule is O=C(OCc1ccc(Cl)c(Cl)c1)c1ccc2noc(-c3ccccc3)c2c1. The van der Waals surface area contributed by atoms with Crippen molar-refractivity contribution >= 4 is 40.1 Å². The topological polar surface area (TPSA) is 52.3 Å². The van der Waals surface area contributed by atoms with Gasteiger partial charge < -0.3 is 9.26 Å². The smallest absolute Gasteiger partial charge is 0.338 e. The number of esters is 1. The standard InChI is InChI=1S/C21H13Cl2NO3/c22-17-8-6-13(10-18(17)23)12-26-21(25)15-7-9-19-16(11-15)20(27-24-19)14-4-2-1-3-5-14/h1-11H,12H2. The highest BCUT2D eigenvalue weighted by Gasteiger charge is 2.15. The number of carbonyl (C=O) groups is 1. The first-order valence-corrected chi connectivity index (χ1v) is 8.93.